The molecule has 1 aliphatic heterocycles. The van der Waals surface area contributed by atoms with Crippen LogP contribution in [0.1, 0.15) is 24.8 Å². The van der Waals surface area contributed by atoms with Crippen LogP contribution in [0.15, 0.2) is 18.2 Å². The summed E-state index contributed by atoms with van der Waals surface area (Å²) in [6.07, 6.45) is -0.129. The number of hydrogen-bond donors (Lipinski definition) is 1. The number of carbonyl (C=O) groups is 2. The van der Waals surface area contributed by atoms with Crippen molar-refractivity contribution in [3.05, 3.63) is 23.8 Å². The van der Waals surface area contributed by atoms with Gasteiger partial charge in [0.2, 0.25) is 0 Å². The number of carboxylic acids is 1. The maximum absolute atomic E-state index is 11.3. The van der Waals surface area contributed by atoms with E-state index in [0.29, 0.717) is 17.9 Å². The topological polar surface area (TPSA) is 72.8 Å². The molecule has 1 aromatic carbocycles. The molecule has 5 nitrogen and oxygen atoms in total. The summed E-state index contributed by atoms with van der Waals surface area (Å²) in [5, 5.41) is 9.04. The lowest BCUT2D eigenvalue weighted by Crippen LogP contribution is -2.25. The third-order valence-electron chi connectivity index (χ3n) is 2.56. The van der Waals surface area contributed by atoms with Crippen LogP contribution in [0.4, 0.5) is 0 Å². The Labute approximate surface area is 98.0 Å². The maximum Gasteiger partial charge on any atom is 0.312 e. The summed E-state index contributed by atoms with van der Waals surface area (Å²) in [6.45, 7) is 2.33. The molecule has 1 aromatic rings. The second-order valence-electron chi connectivity index (χ2n) is 3.70. The molecule has 1 heterocycles. The Morgan fingerprint density at radius 1 is 1.59 bits per heavy atom. The molecule has 1 atom stereocenters. The van der Waals surface area contributed by atoms with Gasteiger partial charge in [-0.05, 0) is 13.0 Å². The summed E-state index contributed by atoms with van der Waals surface area (Å²) in [5.74, 6) is -1.54. The Balaban J connectivity index is 2.40. The SMILES string of the molecule is CCOc1ccc2c(c1)OC(=O)CC2C(=O)O. The first-order valence-corrected chi connectivity index (χ1v) is 5.32. The van der Waals surface area contributed by atoms with Crippen LogP contribution in [0.3, 0.4) is 0 Å². The maximum atomic E-state index is 11.3. The summed E-state index contributed by atoms with van der Waals surface area (Å²) in [7, 11) is 0. The van der Waals surface area contributed by atoms with Crippen molar-refractivity contribution in [2.24, 2.45) is 0 Å². The Kier molecular flexibility index (Phi) is 2.99. The van der Waals surface area contributed by atoms with E-state index in [4.69, 9.17) is 14.6 Å². The summed E-state index contributed by atoms with van der Waals surface area (Å²) >= 11 is 0. The van der Waals surface area contributed by atoms with Gasteiger partial charge >= 0.3 is 11.9 Å². The zero-order valence-corrected chi connectivity index (χ0v) is 9.30. The molecule has 0 fully saturated rings. The van der Waals surface area contributed by atoms with E-state index in [0.717, 1.165) is 0 Å². The molecule has 2 rings (SSSR count). The molecule has 5 heteroatoms. The average molecular weight is 236 g/mol. The Morgan fingerprint density at radius 2 is 2.35 bits per heavy atom. The second-order valence-corrected chi connectivity index (χ2v) is 3.70. The lowest BCUT2D eigenvalue weighted by atomic mass is 9.93. The molecule has 1 unspecified atom stereocenters. The molecule has 0 spiro atoms. The lowest BCUT2D eigenvalue weighted by Gasteiger charge is -2.21. The van der Waals surface area contributed by atoms with Crippen molar-refractivity contribution < 1.29 is 24.2 Å². The molecular formula is C12H12O5. The molecule has 0 aromatic heterocycles. The van der Waals surface area contributed by atoms with E-state index >= 15 is 0 Å². The fourth-order valence-corrected chi connectivity index (χ4v) is 1.81. The van der Waals surface area contributed by atoms with Crippen molar-refractivity contribution in [2.45, 2.75) is 19.3 Å². The number of benzene rings is 1. The van der Waals surface area contributed by atoms with Crippen molar-refractivity contribution in [1.29, 1.82) is 0 Å². The zero-order valence-electron chi connectivity index (χ0n) is 9.30. The number of carbonyl (C=O) groups excluding carboxylic acids is 1. The van der Waals surface area contributed by atoms with Gasteiger partial charge in [-0.25, -0.2) is 0 Å². The standard InChI is InChI=1S/C12H12O5/c1-2-16-7-3-4-8-9(12(14)15)6-11(13)17-10(8)5-7/h3-5,9H,2,6H2,1H3,(H,14,15). The third-order valence-corrected chi connectivity index (χ3v) is 2.56. The highest BCUT2D eigenvalue weighted by atomic mass is 16.5. The van der Waals surface area contributed by atoms with E-state index in [1.54, 1.807) is 18.2 Å². The predicted octanol–water partition coefficient (Wildman–Crippen LogP) is 1.56. The first-order chi connectivity index (χ1) is 8.11. The normalized spacial score (nSPS) is 18.2. The Hall–Kier alpha value is -2.04. The van der Waals surface area contributed by atoms with E-state index in [-0.39, 0.29) is 12.2 Å². The van der Waals surface area contributed by atoms with E-state index in [9.17, 15) is 9.59 Å². The predicted molar refractivity (Wildman–Crippen MR) is 58.2 cm³/mol. The first kappa shape index (κ1) is 11.4. The average Bonchev–Trinajstić information content (AvgIpc) is 2.27. The van der Waals surface area contributed by atoms with Crippen LogP contribution >= 0.6 is 0 Å². The van der Waals surface area contributed by atoms with Crippen molar-refractivity contribution in [2.75, 3.05) is 6.61 Å². The van der Waals surface area contributed by atoms with Crippen LogP contribution in [0, 0.1) is 0 Å². The highest BCUT2D eigenvalue weighted by molar-refractivity contribution is 5.87. The minimum atomic E-state index is -1.02. The van der Waals surface area contributed by atoms with Crippen molar-refractivity contribution in [3.8, 4) is 11.5 Å². The van der Waals surface area contributed by atoms with Crippen molar-refractivity contribution >= 4 is 11.9 Å². The van der Waals surface area contributed by atoms with Gasteiger partial charge in [-0.1, -0.05) is 6.07 Å². The molecule has 0 saturated carbocycles. The molecule has 17 heavy (non-hydrogen) atoms. The molecule has 0 amide bonds. The fourth-order valence-electron chi connectivity index (χ4n) is 1.81. The molecule has 1 aliphatic rings. The third kappa shape index (κ3) is 2.22. The quantitative estimate of drug-likeness (QED) is 0.637. The minimum absolute atomic E-state index is 0.129. The van der Waals surface area contributed by atoms with Crippen LogP contribution in [-0.2, 0) is 9.59 Å². The highest BCUT2D eigenvalue weighted by Crippen LogP contribution is 2.36. The molecular weight excluding hydrogens is 224 g/mol. The van der Waals surface area contributed by atoms with Crippen LogP contribution in [0.2, 0.25) is 0 Å². The van der Waals surface area contributed by atoms with Crippen molar-refractivity contribution in [1.82, 2.24) is 0 Å². The fraction of sp³-hybridized carbons (Fsp3) is 0.333. The monoisotopic (exact) mass is 236 g/mol. The van der Waals surface area contributed by atoms with Gasteiger partial charge in [0, 0.05) is 11.6 Å². The van der Waals surface area contributed by atoms with Gasteiger partial charge in [-0.2, -0.15) is 0 Å². The van der Waals surface area contributed by atoms with Gasteiger partial charge < -0.3 is 14.6 Å². The van der Waals surface area contributed by atoms with E-state index in [2.05, 4.69) is 0 Å². The summed E-state index contributed by atoms with van der Waals surface area (Å²) in [4.78, 5) is 22.3. The van der Waals surface area contributed by atoms with Gasteiger partial charge in [-0.3, -0.25) is 9.59 Å². The number of ether oxygens (including phenoxy) is 2. The molecule has 0 aliphatic carbocycles. The molecule has 0 bridgehead atoms. The van der Waals surface area contributed by atoms with Crippen LogP contribution in [-0.4, -0.2) is 23.7 Å². The van der Waals surface area contributed by atoms with Gasteiger partial charge in [0.15, 0.2) is 0 Å². The van der Waals surface area contributed by atoms with Crippen LogP contribution in [0.5, 0.6) is 11.5 Å². The lowest BCUT2D eigenvalue weighted by molar-refractivity contribution is -0.145. The first-order valence-electron chi connectivity index (χ1n) is 5.32. The van der Waals surface area contributed by atoms with Gasteiger partial charge in [0.1, 0.15) is 11.5 Å². The van der Waals surface area contributed by atoms with Crippen LogP contribution in [0.25, 0.3) is 0 Å². The van der Waals surface area contributed by atoms with Gasteiger partial charge in [-0.15, -0.1) is 0 Å². The number of aliphatic carboxylic acids is 1. The molecule has 0 saturated heterocycles. The van der Waals surface area contributed by atoms with Crippen LogP contribution < -0.4 is 9.47 Å². The van der Waals surface area contributed by atoms with Gasteiger partial charge in [0.25, 0.3) is 0 Å². The highest BCUT2D eigenvalue weighted by Gasteiger charge is 2.32. The largest absolute Gasteiger partial charge is 0.494 e. The number of fused-ring (bicyclic) bond motifs is 1. The minimum Gasteiger partial charge on any atom is -0.494 e. The van der Waals surface area contributed by atoms with E-state index in [1.807, 2.05) is 6.92 Å². The second kappa shape index (κ2) is 4.45. The number of hydrogen-bond acceptors (Lipinski definition) is 4. The molecule has 1 N–H and O–H groups in total. The molecule has 90 valence electrons. The zero-order chi connectivity index (χ0) is 12.4. The Bertz CT molecular complexity index is 466. The van der Waals surface area contributed by atoms with Gasteiger partial charge in [0.05, 0.1) is 18.9 Å². The number of esters is 1. The smallest absolute Gasteiger partial charge is 0.312 e. The Morgan fingerprint density at radius 3 is 3.00 bits per heavy atom. The number of carboxylic acid groups (broad SMARTS) is 1. The van der Waals surface area contributed by atoms with Crippen molar-refractivity contribution in [3.63, 3.8) is 0 Å². The molecule has 0 radical (unpaired) electrons. The van der Waals surface area contributed by atoms with E-state index < -0.39 is 17.9 Å². The summed E-state index contributed by atoms with van der Waals surface area (Å²) in [5.41, 5.74) is 0.514. The summed E-state index contributed by atoms with van der Waals surface area (Å²) < 4.78 is 10.3. The number of rotatable bonds is 3. The summed E-state index contributed by atoms with van der Waals surface area (Å²) in [6, 6.07) is 4.86. The van der Waals surface area contributed by atoms with E-state index in [1.165, 1.54) is 0 Å².